The molecule has 0 aliphatic carbocycles. The first-order valence-corrected chi connectivity index (χ1v) is 9.60. The smallest absolute Gasteiger partial charge is 0.323 e. The summed E-state index contributed by atoms with van der Waals surface area (Å²) in [5.41, 5.74) is 4.34. The Morgan fingerprint density at radius 1 is 0.900 bits per heavy atom. The summed E-state index contributed by atoms with van der Waals surface area (Å²) in [4.78, 5) is 17.0. The topological polar surface area (TPSA) is 79.1 Å². The van der Waals surface area contributed by atoms with E-state index in [0.717, 1.165) is 39.3 Å². The molecule has 3 N–H and O–H groups in total. The molecular formula is C23H24ClN3O3. The number of H-pyrrole nitrogens is 2. The van der Waals surface area contributed by atoms with E-state index >= 15 is 0 Å². The van der Waals surface area contributed by atoms with Crippen LogP contribution in [-0.2, 0) is 13.2 Å². The predicted octanol–water partition coefficient (Wildman–Crippen LogP) is 4.87. The van der Waals surface area contributed by atoms with E-state index in [1.165, 1.54) is 0 Å². The zero-order valence-electron chi connectivity index (χ0n) is 16.6. The second kappa shape index (κ2) is 9.89. The lowest BCUT2D eigenvalue weighted by Gasteiger charge is -2.17. The average Bonchev–Trinajstić information content (AvgIpc) is 3.11. The Kier molecular flexibility index (Phi) is 7.03. The number of aromatic amines is 2. The third kappa shape index (κ3) is 4.96. The van der Waals surface area contributed by atoms with Gasteiger partial charge in [-0.2, -0.15) is 0 Å². The first-order chi connectivity index (χ1) is 14.2. The van der Waals surface area contributed by atoms with Gasteiger partial charge in [-0.3, -0.25) is 0 Å². The molecule has 7 heteroatoms. The van der Waals surface area contributed by atoms with Gasteiger partial charge in [0.1, 0.15) is 6.61 Å². The fourth-order valence-corrected chi connectivity index (χ4v) is 3.20. The van der Waals surface area contributed by atoms with Crippen LogP contribution in [0.3, 0.4) is 0 Å². The van der Waals surface area contributed by atoms with Crippen molar-refractivity contribution in [3.05, 3.63) is 88.3 Å². The standard InChI is InChI=1S/C23H23N3O3.ClH/c1-2-28-21-10-6-9-17(22(21)29-15-16-7-4-3-5-8-16)14-24-18-11-12-19-20(13-18)26-23(27)25-19;/h3-13,24H,2,14-15H2,1H3,(H2,25,26,27);1H. The maximum Gasteiger partial charge on any atom is 0.323 e. The maximum absolute atomic E-state index is 11.5. The minimum atomic E-state index is -0.210. The lowest BCUT2D eigenvalue weighted by atomic mass is 10.1. The SMILES string of the molecule is CCOc1cccc(CNc2ccc3[nH]c(=O)[nH]c3c2)c1OCc1ccccc1.Cl. The van der Waals surface area contributed by atoms with Crippen molar-refractivity contribution < 1.29 is 9.47 Å². The molecule has 0 radical (unpaired) electrons. The first kappa shape index (κ1) is 21.3. The molecule has 4 rings (SSSR count). The number of hydrogen-bond acceptors (Lipinski definition) is 4. The molecule has 0 aliphatic heterocycles. The third-order valence-electron chi connectivity index (χ3n) is 4.59. The zero-order valence-corrected chi connectivity index (χ0v) is 17.4. The molecule has 6 nitrogen and oxygen atoms in total. The first-order valence-electron chi connectivity index (χ1n) is 9.60. The number of para-hydroxylation sites is 1. The van der Waals surface area contributed by atoms with E-state index in [1.807, 2.05) is 73.7 Å². The number of halogens is 1. The predicted molar refractivity (Wildman–Crippen MR) is 122 cm³/mol. The highest BCUT2D eigenvalue weighted by atomic mass is 35.5. The van der Waals surface area contributed by atoms with Crippen molar-refractivity contribution in [1.82, 2.24) is 9.97 Å². The van der Waals surface area contributed by atoms with Crippen LogP contribution in [0.2, 0.25) is 0 Å². The summed E-state index contributed by atoms with van der Waals surface area (Å²) in [6.07, 6.45) is 0. The molecule has 0 spiro atoms. The molecule has 156 valence electrons. The Morgan fingerprint density at radius 2 is 1.70 bits per heavy atom. The van der Waals surface area contributed by atoms with Gasteiger partial charge in [0, 0.05) is 17.8 Å². The summed E-state index contributed by atoms with van der Waals surface area (Å²) >= 11 is 0. The highest BCUT2D eigenvalue weighted by Gasteiger charge is 2.12. The van der Waals surface area contributed by atoms with Crippen molar-refractivity contribution in [3.63, 3.8) is 0 Å². The van der Waals surface area contributed by atoms with Crippen LogP contribution in [0.1, 0.15) is 18.1 Å². The molecule has 0 unspecified atom stereocenters. The minimum Gasteiger partial charge on any atom is -0.490 e. The number of fused-ring (bicyclic) bond motifs is 1. The largest absolute Gasteiger partial charge is 0.490 e. The molecule has 0 bridgehead atoms. The Balaban J connectivity index is 0.00000256. The van der Waals surface area contributed by atoms with Crippen molar-refractivity contribution in [2.45, 2.75) is 20.1 Å². The van der Waals surface area contributed by atoms with Gasteiger partial charge in [0.15, 0.2) is 11.5 Å². The van der Waals surface area contributed by atoms with Crippen molar-refractivity contribution in [3.8, 4) is 11.5 Å². The Bertz CT molecular complexity index is 1160. The zero-order chi connectivity index (χ0) is 20.1. The second-order valence-electron chi connectivity index (χ2n) is 6.64. The summed E-state index contributed by atoms with van der Waals surface area (Å²) in [5, 5.41) is 3.40. The van der Waals surface area contributed by atoms with Gasteiger partial charge in [0.25, 0.3) is 0 Å². The molecular weight excluding hydrogens is 402 g/mol. The summed E-state index contributed by atoms with van der Waals surface area (Å²) in [5.74, 6) is 1.47. The molecule has 4 aromatic rings. The minimum absolute atomic E-state index is 0. The van der Waals surface area contributed by atoms with E-state index in [9.17, 15) is 4.79 Å². The third-order valence-corrected chi connectivity index (χ3v) is 4.59. The van der Waals surface area contributed by atoms with E-state index in [2.05, 4.69) is 15.3 Å². The lowest BCUT2D eigenvalue weighted by Crippen LogP contribution is -2.06. The molecule has 3 aromatic carbocycles. The number of imidazole rings is 1. The lowest BCUT2D eigenvalue weighted by molar-refractivity contribution is 0.267. The highest BCUT2D eigenvalue weighted by molar-refractivity contribution is 5.85. The number of anilines is 1. The molecule has 1 heterocycles. The average molecular weight is 426 g/mol. The van der Waals surface area contributed by atoms with Gasteiger partial charge >= 0.3 is 5.69 Å². The van der Waals surface area contributed by atoms with Gasteiger partial charge in [-0.1, -0.05) is 42.5 Å². The van der Waals surface area contributed by atoms with Crippen LogP contribution in [0.15, 0.2) is 71.5 Å². The van der Waals surface area contributed by atoms with Crippen LogP contribution in [0.5, 0.6) is 11.5 Å². The van der Waals surface area contributed by atoms with Gasteiger partial charge in [0.05, 0.1) is 17.6 Å². The fraction of sp³-hybridized carbons (Fsp3) is 0.174. The Labute approximate surface area is 180 Å². The molecule has 0 saturated carbocycles. The van der Waals surface area contributed by atoms with Gasteiger partial charge in [-0.25, -0.2) is 4.79 Å². The van der Waals surface area contributed by atoms with Gasteiger partial charge < -0.3 is 24.8 Å². The number of ether oxygens (including phenoxy) is 2. The van der Waals surface area contributed by atoms with Gasteiger partial charge in [0.2, 0.25) is 0 Å². The molecule has 0 fully saturated rings. The monoisotopic (exact) mass is 425 g/mol. The molecule has 0 aliphatic rings. The van der Waals surface area contributed by atoms with E-state index < -0.39 is 0 Å². The van der Waals surface area contributed by atoms with Crippen LogP contribution >= 0.6 is 12.4 Å². The van der Waals surface area contributed by atoms with Crippen LogP contribution in [0, 0.1) is 0 Å². The van der Waals surface area contributed by atoms with Gasteiger partial charge in [-0.15, -0.1) is 12.4 Å². The summed E-state index contributed by atoms with van der Waals surface area (Å²) < 4.78 is 11.9. The quantitative estimate of drug-likeness (QED) is 0.376. The van der Waals surface area contributed by atoms with E-state index in [-0.39, 0.29) is 18.1 Å². The van der Waals surface area contributed by atoms with Crippen molar-refractivity contribution in [2.75, 3.05) is 11.9 Å². The van der Waals surface area contributed by atoms with E-state index in [0.29, 0.717) is 19.8 Å². The van der Waals surface area contributed by atoms with Crippen molar-refractivity contribution >= 4 is 29.1 Å². The van der Waals surface area contributed by atoms with Crippen molar-refractivity contribution in [1.29, 1.82) is 0 Å². The number of nitrogens with one attached hydrogen (secondary N) is 3. The van der Waals surface area contributed by atoms with Crippen LogP contribution in [0.4, 0.5) is 5.69 Å². The van der Waals surface area contributed by atoms with E-state index in [4.69, 9.17) is 9.47 Å². The summed E-state index contributed by atoms with van der Waals surface area (Å²) in [6, 6.07) is 21.7. The number of hydrogen-bond donors (Lipinski definition) is 3. The maximum atomic E-state index is 11.5. The Hall–Kier alpha value is -3.38. The van der Waals surface area contributed by atoms with Crippen LogP contribution in [-0.4, -0.2) is 16.6 Å². The molecule has 1 aromatic heterocycles. The molecule has 0 amide bonds. The van der Waals surface area contributed by atoms with Crippen LogP contribution in [0.25, 0.3) is 11.0 Å². The fourth-order valence-electron chi connectivity index (χ4n) is 3.20. The summed E-state index contributed by atoms with van der Waals surface area (Å²) in [6.45, 7) is 3.55. The molecule has 30 heavy (non-hydrogen) atoms. The number of aromatic nitrogens is 2. The number of rotatable bonds is 8. The van der Waals surface area contributed by atoms with E-state index in [1.54, 1.807) is 0 Å². The van der Waals surface area contributed by atoms with Crippen molar-refractivity contribution in [2.24, 2.45) is 0 Å². The highest BCUT2D eigenvalue weighted by Crippen LogP contribution is 2.33. The number of benzene rings is 3. The molecule has 0 saturated heterocycles. The summed E-state index contributed by atoms with van der Waals surface area (Å²) in [7, 11) is 0. The normalized spacial score (nSPS) is 10.4. The Morgan fingerprint density at radius 3 is 2.50 bits per heavy atom. The molecule has 0 atom stereocenters. The van der Waals surface area contributed by atoms with Crippen LogP contribution < -0.4 is 20.5 Å². The van der Waals surface area contributed by atoms with Gasteiger partial charge in [-0.05, 0) is 36.8 Å². The second-order valence-corrected chi connectivity index (χ2v) is 6.64.